The SMILES string of the molecule is CCNC(=NCc1ccccc1OCC)NCCS(N)(=O)=O.I. The summed E-state index contributed by atoms with van der Waals surface area (Å²) in [5, 5.41) is 11.0. The van der Waals surface area contributed by atoms with Gasteiger partial charge in [-0.25, -0.2) is 18.5 Å². The van der Waals surface area contributed by atoms with Crippen molar-refractivity contribution >= 4 is 40.0 Å². The number of guanidine groups is 1. The van der Waals surface area contributed by atoms with Gasteiger partial charge in [-0.15, -0.1) is 24.0 Å². The maximum absolute atomic E-state index is 10.9. The molecule has 1 aromatic rings. The molecule has 0 aliphatic rings. The number of rotatable bonds is 8. The van der Waals surface area contributed by atoms with Crippen molar-refractivity contribution in [3.8, 4) is 5.75 Å². The van der Waals surface area contributed by atoms with E-state index in [0.717, 1.165) is 11.3 Å². The van der Waals surface area contributed by atoms with Crippen molar-refractivity contribution in [1.29, 1.82) is 0 Å². The highest BCUT2D eigenvalue weighted by Crippen LogP contribution is 2.18. The number of sulfonamides is 1. The van der Waals surface area contributed by atoms with Crippen LogP contribution >= 0.6 is 24.0 Å². The molecule has 0 aliphatic carbocycles. The Balaban J connectivity index is 0.00000484. The molecule has 0 unspecified atom stereocenters. The number of hydrogen-bond acceptors (Lipinski definition) is 4. The molecule has 0 saturated carbocycles. The Labute approximate surface area is 155 Å². The van der Waals surface area contributed by atoms with Crippen molar-refractivity contribution in [2.75, 3.05) is 25.4 Å². The zero-order chi connectivity index (χ0) is 16.4. The number of para-hydroxylation sites is 1. The molecule has 0 aliphatic heterocycles. The van der Waals surface area contributed by atoms with Gasteiger partial charge in [-0.1, -0.05) is 18.2 Å². The van der Waals surface area contributed by atoms with E-state index in [2.05, 4.69) is 15.6 Å². The van der Waals surface area contributed by atoms with Crippen molar-refractivity contribution in [3.63, 3.8) is 0 Å². The molecular weight excluding hydrogens is 431 g/mol. The lowest BCUT2D eigenvalue weighted by atomic mass is 10.2. The summed E-state index contributed by atoms with van der Waals surface area (Å²) in [5.41, 5.74) is 0.966. The van der Waals surface area contributed by atoms with Gasteiger partial charge in [0.25, 0.3) is 0 Å². The zero-order valence-corrected chi connectivity index (χ0v) is 16.6. The van der Waals surface area contributed by atoms with Crippen molar-refractivity contribution in [2.24, 2.45) is 10.1 Å². The first-order valence-corrected chi connectivity index (χ1v) is 8.91. The Morgan fingerprint density at radius 3 is 2.57 bits per heavy atom. The lowest BCUT2D eigenvalue weighted by Crippen LogP contribution is -2.40. The van der Waals surface area contributed by atoms with Gasteiger partial charge in [-0.3, -0.25) is 0 Å². The molecular formula is C14H25IN4O3S. The van der Waals surface area contributed by atoms with Crippen LogP contribution in [-0.4, -0.2) is 39.8 Å². The third-order valence-corrected chi connectivity index (χ3v) is 3.48. The highest BCUT2D eigenvalue weighted by molar-refractivity contribution is 14.0. The van der Waals surface area contributed by atoms with Crippen molar-refractivity contribution in [3.05, 3.63) is 29.8 Å². The topological polar surface area (TPSA) is 106 Å². The number of ether oxygens (including phenoxy) is 1. The van der Waals surface area contributed by atoms with Crippen LogP contribution in [0.15, 0.2) is 29.3 Å². The average molecular weight is 456 g/mol. The second-order valence-corrected chi connectivity index (χ2v) is 6.26. The van der Waals surface area contributed by atoms with Gasteiger partial charge in [0.15, 0.2) is 5.96 Å². The van der Waals surface area contributed by atoms with Gasteiger partial charge in [-0.05, 0) is 19.9 Å². The fourth-order valence-electron chi connectivity index (χ4n) is 1.75. The molecule has 0 radical (unpaired) electrons. The molecule has 0 fully saturated rings. The summed E-state index contributed by atoms with van der Waals surface area (Å²) in [5.74, 6) is 1.19. The molecule has 0 bridgehead atoms. The van der Waals surface area contributed by atoms with Crippen LogP contribution in [0.3, 0.4) is 0 Å². The number of halogens is 1. The molecule has 132 valence electrons. The molecule has 0 saturated heterocycles. The predicted octanol–water partition coefficient (Wildman–Crippen LogP) is 1.05. The number of benzene rings is 1. The van der Waals surface area contributed by atoms with Crippen molar-refractivity contribution in [2.45, 2.75) is 20.4 Å². The number of nitrogens with two attached hydrogens (primary N) is 1. The van der Waals surface area contributed by atoms with Crippen LogP contribution < -0.4 is 20.5 Å². The summed E-state index contributed by atoms with van der Waals surface area (Å²) < 4.78 is 27.4. The molecule has 9 heteroatoms. The van der Waals surface area contributed by atoms with Gasteiger partial charge in [0, 0.05) is 18.7 Å². The highest BCUT2D eigenvalue weighted by atomic mass is 127. The maximum atomic E-state index is 10.9. The van der Waals surface area contributed by atoms with E-state index in [-0.39, 0.29) is 36.3 Å². The van der Waals surface area contributed by atoms with Crippen LogP contribution in [0.25, 0.3) is 0 Å². The minimum atomic E-state index is -3.48. The molecule has 0 heterocycles. The van der Waals surface area contributed by atoms with Gasteiger partial charge in [0.1, 0.15) is 5.75 Å². The van der Waals surface area contributed by atoms with E-state index in [9.17, 15) is 8.42 Å². The Kier molecular flexibility index (Phi) is 10.9. The van der Waals surface area contributed by atoms with Crippen LogP contribution in [0.1, 0.15) is 19.4 Å². The standard InChI is InChI=1S/C14H24N4O3S.HI/c1-3-16-14(17-9-10-22(15,19)20)18-11-12-7-5-6-8-13(12)21-4-2;/h5-8H,3-4,9-11H2,1-2H3,(H2,15,19,20)(H2,16,17,18);1H. The summed E-state index contributed by atoms with van der Waals surface area (Å²) in [6, 6.07) is 7.68. The molecule has 1 rings (SSSR count). The van der Waals surface area contributed by atoms with Crippen molar-refractivity contribution < 1.29 is 13.2 Å². The Morgan fingerprint density at radius 2 is 1.96 bits per heavy atom. The molecule has 23 heavy (non-hydrogen) atoms. The lowest BCUT2D eigenvalue weighted by molar-refractivity contribution is 0.336. The van der Waals surface area contributed by atoms with Crippen LogP contribution in [0, 0.1) is 0 Å². The zero-order valence-electron chi connectivity index (χ0n) is 13.4. The van der Waals surface area contributed by atoms with Crippen LogP contribution in [0.2, 0.25) is 0 Å². The molecule has 0 atom stereocenters. The Hall–Kier alpha value is -1.07. The summed E-state index contributed by atoms with van der Waals surface area (Å²) in [6.07, 6.45) is 0. The minimum absolute atomic E-state index is 0. The largest absolute Gasteiger partial charge is 0.494 e. The second kappa shape index (κ2) is 11.5. The van der Waals surface area contributed by atoms with E-state index in [1.165, 1.54) is 0 Å². The predicted molar refractivity (Wildman–Crippen MR) is 104 cm³/mol. The number of primary sulfonamides is 1. The second-order valence-electron chi connectivity index (χ2n) is 4.53. The van der Waals surface area contributed by atoms with E-state index < -0.39 is 10.0 Å². The van der Waals surface area contributed by atoms with Gasteiger partial charge in [-0.2, -0.15) is 0 Å². The van der Waals surface area contributed by atoms with E-state index in [1.54, 1.807) is 0 Å². The fraction of sp³-hybridized carbons (Fsp3) is 0.500. The van der Waals surface area contributed by atoms with Gasteiger partial charge < -0.3 is 15.4 Å². The van der Waals surface area contributed by atoms with Crippen LogP contribution in [-0.2, 0) is 16.6 Å². The molecule has 0 aromatic heterocycles. The summed E-state index contributed by atoms with van der Waals surface area (Å²) in [4.78, 5) is 4.42. The smallest absolute Gasteiger partial charge is 0.210 e. The minimum Gasteiger partial charge on any atom is -0.494 e. The monoisotopic (exact) mass is 456 g/mol. The van der Waals surface area contributed by atoms with Crippen LogP contribution in [0.5, 0.6) is 5.75 Å². The van der Waals surface area contributed by atoms with Gasteiger partial charge in [0.2, 0.25) is 10.0 Å². The molecule has 4 N–H and O–H groups in total. The van der Waals surface area contributed by atoms with E-state index >= 15 is 0 Å². The fourth-order valence-corrected chi connectivity index (χ4v) is 2.14. The average Bonchev–Trinajstić information content (AvgIpc) is 2.45. The summed E-state index contributed by atoms with van der Waals surface area (Å²) in [7, 11) is -3.48. The first-order chi connectivity index (χ1) is 10.5. The van der Waals surface area contributed by atoms with Gasteiger partial charge in [0.05, 0.1) is 18.9 Å². The highest BCUT2D eigenvalue weighted by Gasteiger charge is 2.05. The molecule has 0 amide bonds. The normalized spacial score (nSPS) is 11.5. The molecule has 0 spiro atoms. The maximum Gasteiger partial charge on any atom is 0.210 e. The van der Waals surface area contributed by atoms with E-state index in [4.69, 9.17) is 9.88 Å². The molecule has 1 aromatic carbocycles. The quantitative estimate of drug-likeness (QED) is 0.308. The summed E-state index contributed by atoms with van der Waals surface area (Å²) in [6.45, 7) is 5.77. The van der Waals surface area contributed by atoms with E-state index in [1.807, 2.05) is 38.1 Å². The third-order valence-electron chi connectivity index (χ3n) is 2.70. The van der Waals surface area contributed by atoms with Gasteiger partial charge >= 0.3 is 0 Å². The first-order valence-electron chi connectivity index (χ1n) is 7.19. The summed E-state index contributed by atoms with van der Waals surface area (Å²) >= 11 is 0. The third kappa shape index (κ3) is 9.61. The first kappa shape index (κ1) is 21.9. The Bertz CT molecular complexity index is 593. The van der Waals surface area contributed by atoms with Crippen molar-refractivity contribution in [1.82, 2.24) is 10.6 Å². The number of aliphatic imine (C=N–C) groups is 1. The number of hydrogen-bond donors (Lipinski definition) is 3. The van der Waals surface area contributed by atoms with E-state index in [0.29, 0.717) is 25.7 Å². The Morgan fingerprint density at radius 1 is 1.26 bits per heavy atom. The molecule has 7 nitrogen and oxygen atoms in total. The number of nitrogens with one attached hydrogen (secondary N) is 2. The lowest BCUT2D eigenvalue weighted by Gasteiger charge is -2.12. The number of nitrogens with zero attached hydrogens (tertiary/aromatic N) is 1. The van der Waals surface area contributed by atoms with Crippen LogP contribution in [0.4, 0.5) is 0 Å².